The number of aromatic amines is 1. The molecule has 0 fully saturated rings. The van der Waals surface area contributed by atoms with Gasteiger partial charge in [-0.15, -0.1) is 0 Å². The highest BCUT2D eigenvalue weighted by Gasteiger charge is 2.15. The SMILES string of the molecule is Cc1ccccc1CN(C)C(=O)COC(=O)Cc1c[nH]c2ccccc12. The molecule has 134 valence electrons. The minimum absolute atomic E-state index is 0.138. The number of carbonyl (C=O) groups is 2. The summed E-state index contributed by atoms with van der Waals surface area (Å²) in [5.41, 5.74) is 4.05. The van der Waals surface area contributed by atoms with Crippen LogP contribution >= 0.6 is 0 Å². The van der Waals surface area contributed by atoms with E-state index in [2.05, 4.69) is 4.98 Å². The molecule has 0 radical (unpaired) electrons. The molecule has 5 heteroatoms. The van der Waals surface area contributed by atoms with Gasteiger partial charge >= 0.3 is 5.97 Å². The summed E-state index contributed by atoms with van der Waals surface area (Å²) < 4.78 is 5.17. The summed E-state index contributed by atoms with van der Waals surface area (Å²) in [6.07, 6.45) is 1.94. The van der Waals surface area contributed by atoms with Crippen molar-refractivity contribution in [3.63, 3.8) is 0 Å². The van der Waals surface area contributed by atoms with Gasteiger partial charge in [-0.2, -0.15) is 0 Å². The molecule has 3 aromatic rings. The molecule has 0 atom stereocenters. The summed E-state index contributed by atoms with van der Waals surface area (Å²) in [4.78, 5) is 29.0. The van der Waals surface area contributed by atoms with Crippen molar-refractivity contribution in [2.75, 3.05) is 13.7 Å². The van der Waals surface area contributed by atoms with E-state index in [-0.39, 0.29) is 18.9 Å². The van der Waals surface area contributed by atoms with Gasteiger partial charge in [0, 0.05) is 30.7 Å². The quantitative estimate of drug-likeness (QED) is 0.694. The van der Waals surface area contributed by atoms with Crippen LogP contribution in [0.4, 0.5) is 0 Å². The van der Waals surface area contributed by atoms with Crippen LogP contribution in [0.2, 0.25) is 0 Å². The highest BCUT2D eigenvalue weighted by molar-refractivity contribution is 5.88. The minimum atomic E-state index is -0.410. The third-order valence-corrected chi connectivity index (χ3v) is 4.46. The lowest BCUT2D eigenvalue weighted by Crippen LogP contribution is -2.31. The van der Waals surface area contributed by atoms with Crippen LogP contribution < -0.4 is 0 Å². The Kier molecular flexibility index (Phi) is 5.37. The Morgan fingerprint density at radius 1 is 1.04 bits per heavy atom. The number of hydrogen-bond acceptors (Lipinski definition) is 3. The number of hydrogen-bond donors (Lipinski definition) is 1. The Hall–Kier alpha value is -3.08. The predicted molar refractivity (Wildman–Crippen MR) is 101 cm³/mol. The summed E-state index contributed by atoms with van der Waals surface area (Å²) in [5, 5.41) is 0.993. The van der Waals surface area contributed by atoms with E-state index in [1.807, 2.05) is 55.5 Å². The second-order valence-electron chi connectivity index (χ2n) is 6.37. The Morgan fingerprint density at radius 3 is 2.58 bits per heavy atom. The Balaban J connectivity index is 1.52. The van der Waals surface area contributed by atoms with Crippen molar-refractivity contribution >= 4 is 22.8 Å². The molecule has 0 aliphatic rings. The van der Waals surface area contributed by atoms with Gasteiger partial charge in [0.2, 0.25) is 0 Å². The van der Waals surface area contributed by atoms with Crippen molar-refractivity contribution in [1.29, 1.82) is 0 Å². The summed E-state index contributed by atoms with van der Waals surface area (Å²) in [6.45, 7) is 2.25. The van der Waals surface area contributed by atoms with E-state index in [4.69, 9.17) is 4.74 Å². The molecule has 0 saturated heterocycles. The number of benzene rings is 2. The smallest absolute Gasteiger partial charge is 0.310 e. The van der Waals surface area contributed by atoms with Crippen LogP contribution in [0.3, 0.4) is 0 Å². The lowest BCUT2D eigenvalue weighted by atomic mass is 10.1. The number of nitrogens with one attached hydrogen (secondary N) is 1. The van der Waals surface area contributed by atoms with E-state index in [0.29, 0.717) is 6.54 Å². The topological polar surface area (TPSA) is 62.4 Å². The normalized spacial score (nSPS) is 10.7. The van der Waals surface area contributed by atoms with Crippen molar-refractivity contribution in [2.24, 2.45) is 0 Å². The first-order chi connectivity index (χ1) is 12.5. The molecular formula is C21H22N2O3. The zero-order valence-corrected chi connectivity index (χ0v) is 15.0. The van der Waals surface area contributed by atoms with Gasteiger partial charge in [-0.3, -0.25) is 9.59 Å². The van der Waals surface area contributed by atoms with Crippen LogP contribution in [-0.2, 0) is 27.3 Å². The first-order valence-corrected chi connectivity index (χ1v) is 8.53. The van der Waals surface area contributed by atoms with Crippen molar-refractivity contribution in [1.82, 2.24) is 9.88 Å². The van der Waals surface area contributed by atoms with Gasteiger partial charge in [0.15, 0.2) is 6.61 Å². The van der Waals surface area contributed by atoms with E-state index in [1.165, 1.54) is 0 Å². The molecule has 0 saturated carbocycles. The van der Waals surface area contributed by atoms with Crippen LogP contribution in [0, 0.1) is 6.92 Å². The molecule has 0 unspecified atom stereocenters. The number of H-pyrrole nitrogens is 1. The van der Waals surface area contributed by atoms with Crippen molar-refractivity contribution in [2.45, 2.75) is 19.9 Å². The number of rotatable bonds is 6. The highest BCUT2D eigenvalue weighted by Crippen LogP contribution is 2.18. The minimum Gasteiger partial charge on any atom is -0.455 e. The molecule has 1 aromatic heterocycles. The lowest BCUT2D eigenvalue weighted by Gasteiger charge is -2.18. The number of carbonyl (C=O) groups excluding carboxylic acids is 2. The molecule has 0 aliphatic carbocycles. The molecule has 0 spiro atoms. The van der Waals surface area contributed by atoms with Crippen LogP contribution in [0.15, 0.2) is 54.7 Å². The number of fused-ring (bicyclic) bond motifs is 1. The number of para-hydroxylation sites is 1. The molecule has 5 nitrogen and oxygen atoms in total. The predicted octanol–water partition coefficient (Wildman–Crippen LogP) is 3.22. The van der Waals surface area contributed by atoms with Crippen LogP contribution in [0.25, 0.3) is 10.9 Å². The van der Waals surface area contributed by atoms with E-state index >= 15 is 0 Å². The monoisotopic (exact) mass is 350 g/mol. The fraction of sp³-hybridized carbons (Fsp3) is 0.238. The zero-order valence-electron chi connectivity index (χ0n) is 15.0. The first-order valence-electron chi connectivity index (χ1n) is 8.53. The maximum absolute atomic E-state index is 12.2. The van der Waals surface area contributed by atoms with Gasteiger partial charge < -0.3 is 14.6 Å². The molecule has 1 N–H and O–H groups in total. The third kappa shape index (κ3) is 4.11. The van der Waals surface area contributed by atoms with E-state index in [1.54, 1.807) is 18.1 Å². The van der Waals surface area contributed by atoms with E-state index in [9.17, 15) is 9.59 Å². The lowest BCUT2D eigenvalue weighted by molar-refractivity contribution is -0.151. The molecule has 0 bridgehead atoms. The largest absolute Gasteiger partial charge is 0.455 e. The van der Waals surface area contributed by atoms with Crippen LogP contribution in [0.1, 0.15) is 16.7 Å². The molecule has 3 rings (SSSR count). The number of likely N-dealkylation sites (N-methyl/N-ethyl adjacent to an activating group) is 1. The molecule has 2 aromatic carbocycles. The van der Waals surface area contributed by atoms with Crippen molar-refractivity contribution < 1.29 is 14.3 Å². The molecular weight excluding hydrogens is 328 g/mol. The third-order valence-electron chi connectivity index (χ3n) is 4.46. The molecule has 26 heavy (non-hydrogen) atoms. The summed E-state index contributed by atoms with van der Waals surface area (Å²) in [6, 6.07) is 15.7. The van der Waals surface area contributed by atoms with Crippen LogP contribution in [0.5, 0.6) is 0 Å². The fourth-order valence-corrected chi connectivity index (χ4v) is 2.87. The standard InChI is InChI=1S/C21H22N2O3/c1-15-7-3-4-8-16(15)13-23(2)20(24)14-26-21(25)11-17-12-22-19-10-6-5-9-18(17)19/h3-10,12,22H,11,13-14H2,1-2H3. The van der Waals surface area contributed by atoms with Gasteiger partial charge in [0.05, 0.1) is 6.42 Å². The van der Waals surface area contributed by atoms with Crippen molar-refractivity contribution in [3.8, 4) is 0 Å². The summed E-state index contributed by atoms with van der Waals surface area (Å²) in [5.74, 6) is -0.632. The van der Waals surface area contributed by atoms with Gasteiger partial charge in [0.1, 0.15) is 0 Å². The van der Waals surface area contributed by atoms with Gasteiger partial charge in [-0.1, -0.05) is 42.5 Å². The zero-order chi connectivity index (χ0) is 18.5. The number of aryl methyl sites for hydroxylation is 1. The highest BCUT2D eigenvalue weighted by atomic mass is 16.5. The Labute approximate surface area is 152 Å². The number of ether oxygens (including phenoxy) is 1. The fourth-order valence-electron chi connectivity index (χ4n) is 2.87. The average molecular weight is 350 g/mol. The Bertz CT molecular complexity index is 930. The summed E-state index contributed by atoms with van der Waals surface area (Å²) in [7, 11) is 1.71. The maximum atomic E-state index is 12.2. The van der Waals surface area contributed by atoms with Gasteiger partial charge in [0.25, 0.3) is 5.91 Å². The number of nitrogens with zero attached hydrogens (tertiary/aromatic N) is 1. The molecule has 1 heterocycles. The van der Waals surface area contributed by atoms with Crippen molar-refractivity contribution in [3.05, 3.63) is 71.4 Å². The molecule has 0 aliphatic heterocycles. The Morgan fingerprint density at radius 2 is 1.77 bits per heavy atom. The number of esters is 1. The average Bonchev–Trinajstić information content (AvgIpc) is 3.04. The summed E-state index contributed by atoms with van der Waals surface area (Å²) >= 11 is 0. The van der Waals surface area contributed by atoms with E-state index < -0.39 is 5.97 Å². The second-order valence-corrected chi connectivity index (χ2v) is 6.37. The van der Waals surface area contributed by atoms with Gasteiger partial charge in [-0.25, -0.2) is 0 Å². The number of aromatic nitrogens is 1. The molecule has 1 amide bonds. The van der Waals surface area contributed by atoms with Gasteiger partial charge in [-0.05, 0) is 29.7 Å². The maximum Gasteiger partial charge on any atom is 0.310 e. The van der Waals surface area contributed by atoms with E-state index in [0.717, 1.165) is 27.6 Å². The number of amides is 1. The van der Waals surface area contributed by atoms with Crippen LogP contribution in [-0.4, -0.2) is 35.4 Å². The first kappa shape index (κ1) is 17.7. The second kappa shape index (κ2) is 7.87.